The Labute approximate surface area is 98.8 Å². The number of halogens is 1. The summed E-state index contributed by atoms with van der Waals surface area (Å²) in [6, 6.07) is 3.33. The molecule has 0 spiro atoms. The van der Waals surface area contributed by atoms with E-state index in [2.05, 4.69) is 0 Å². The van der Waals surface area contributed by atoms with Gasteiger partial charge in [-0.25, -0.2) is 0 Å². The van der Waals surface area contributed by atoms with Gasteiger partial charge in [-0.2, -0.15) is 0 Å². The van der Waals surface area contributed by atoms with Crippen LogP contribution in [0.2, 0.25) is 4.34 Å². The second kappa shape index (κ2) is 5.49. The van der Waals surface area contributed by atoms with Crippen molar-refractivity contribution in [2.24, 2.45) is 5.73 Å². The number of hydrogen-bond donors (Lipinski definition) is 1. The minimum Gasteiger partial charge on any atom is -0.336 e. The molecule has 0 saturated heterocycles. The molecule has 0 fully saturated rings. The van der Waals surface area contributed by atoms with Crippen molar-refractivity contribution < 1.29 is 4.79 Å². The van der Waals surface area contributed by atoms with Crippen molar-refractivity contribution in [3.8, 4) is 0 Å². The summed E-state index contributed by atoms with van der Waals surface area (Å²) in [6.07, 6.45) is 0. The van der Waals surface area contributed by atoms with Gasteiger partial charge in [0.15, 0.2) is 0 Å². The van der Waals surface area contributed by atoms with Crippen LogP contribution >= 0.6 is 22.9 Å². The Morgan fingerprint density at radius 3 is 2.73 bits per heavy atom. The molecule has 1 heterocycles. The fourth-order valence-corrected chi connectivity index (χ4v) is 2.36. The molecule has 1 rings (SSSR count). The third-order valence-electron chi connectivity index (χ3n) is 2.06. The Morgan fingerprint density at radius 1 is 1.67 bits per heavy atom. The molecule has 5 heteroatoms. The number of amides is 1. The largest absolute Gasteiger partial charge is 0.336 e. The molecule has 0 radical (unpaired) electrons. The van der Waals surface area contributed by atoms with E-state index in [9.17, 15) is 4.79 Å². The Kier molecular flexibility index (Phi) is 4.57. The van der Waals surface area contributed by atoms with Gasteiger partial charge in [0, 0.05) is 11.4 Å². The standard InChI is InChI=1S/C10H15ClN2OS/c1-3-13(10(14)7(2)12)6-8-4-5-9(11)15-8/h4-5,7H,3,6,12H2,1-2H3. The van der Waals surface area contributed by atoms with E-state index in [4.69, 9.17) is 17.3 Å². The van der Waals surface area contributed by atoms with Gasteiger partial charge in [0.1, 0.15) is 0 Å². The first-order valence-corrected chi connectivity index (χ1v) is 6.02. The molecule has 1 atom stereocenters. The summed E-state index contributed by atoms with van der Waals surface area (Å²) in [4.78, 5) is 14.5. The first-order chi connectivity index (χ1) is 7.04. The lowest BCUT2D eigenvalue weighted by atomic mass is 10.3. The van der Waals surface area contributed by atoms with Gasteiger partial charge in [-0.15, -0.1) is 11.3 Å². The van der Waals surface area contributed by atoms with Crippen LogP contribution in [0.1, 0.15) is 18.7 Å². The number of nitrogens with zero attached hydrogens (tertiary/aromatic N) is 1. The maximum Gasteiger partial charge on any atom is 0.239 e. The van der Waals surface area contributed by atoms with E-state index in [0.717, 1.165) is 9.21 Å². The fraction of sp³-hybridized carbons (Fsp3) is 0.500. The van der Waals surface area contributed by atoms with Crippen LogP contribution in [0.15, 0.2) is 12.1 Å². The first-order valence-electron chi connectivity index (χ1n) is 4.83. The van der Waals surface area contributed by atoms with Crippen LogP contribution in [0.3, 0.4) is 0 Å². The van der Waals surface area contributed by atoms with Crippen molar-refractivity contribution in [1.29, 1.82) is 0 Å². The summed E-state index contributed by atoms with van der Waals surface area (Å²) in [5.74, 6) is -0.0259. The van der Waals surface area contributed by atoms with Gasteiger partial charge < -0.3 is 10.6 Å². The highest BCUT2D eigenvalue weighted by Gasteiger charge is 2.16. The van der Waals surface area contributed by atoms with Crippen molar-refractivity contribution >= 4 is 28.8 Å². The number of rotatable bonds is 4. The summed E-state index contributed by atoms with van der Waals surface area (Å²) >= 11 is 7.31. The third-order valence-corrected chi connectivity index (χ3v) is 3.27. The molecule has 0 aromatic carbocycles. The van der Waals surface area contributed by atoms with Gasteiger partial charge >= 0.3 is 0 Å². The molecule has 1 aromatic rings. The molecule has 84 valence electrons. The molecule has 3 nitrogen and oxygen atoms in total. The van der Waals surface area contributed by atoms with Gasteiger partial charge in [-0.05, 0) is 26.0 Å². The second-order valence-corrected chi connectivity index (χ2v) is 5.15. The predicted molar refractivity (Wildman–Crippen MR) is 64.1 cm³/mol. The molecule has 0 bridgehead atoms. The molecule has 0 aliphatic carbocycles. The highest BCUT2D eigenvalue weighted by Crippen LogP contribution is 2.22. The molecule has 2 N–H and O–H groups in total. The first kappa shape index (κ1) is 12.5. The summed E-state index contributed by atoms with van der Waals surface area (Å²) in [5.41, 5.74) is 5.56. The average Bonchev–Trinajstić information content (AvgIpc) is 2.59. The molecule has 0 aliphatic heterocycles. The van der Waals surface area contributed by atoms with E-state index in [1.165, 1.54) is 11.3 Å². The minimum absolute atomic E-state index is 0.0259. The highest BCUT2D eigenvalue weighted by molar-refractivity contribution is 7.16. The average molecular weight is 247 g/mol. The van der Waals surface area contributed by atoms with Crippen LogP contribution in [0.4, 0.5) is 0 Å². The molecule has 0 saturated carbocycles. The van der Waals surface area contributed by atoms with Crippen molar-refractivity contribution in [3.05, 3.63) is 21.3 Å². The number of carbonyl (C=O) groups is 1. The number of thiophene rings is 1. The predicted octanol–water partition coefficient (Wildman–Crippen LogP) is 2.10. The lowest BCUT2D eigenvalue weighted by Crippen LogP contribution is -2.41. The van der Waals surface area contributed by atoms with E-state index in [1.54, 1.807) is 11.8 Å². The summed E-state index contributed by atoms with van der Waals surface area (Å²) < 4.78 is 0.745. The van der Waals surface area contributed by atoms with Gasteiger partial charge in [-0.1, -0.05) is 11.6 Å². The summed E-state index contributed by atoms with van der Waals surface area (Å²) in [5, 5.41) is 0. The van der Waals surface area contributed by atoms with Crippen molar-refractivity contribution in [2.45, 2.75) is 26.4 Å². The van der Waals surface area contributed by atoms with E-state index < -0.39 is 6.04 Å². The zero-order chi connectivity index (χ0) is 11.4. The van der Waals surface area contributed by atoms with Crippen LogP contribution < -0.4 is 5.73 Å². The maximum atomic E-state index is 11.7. The van der Waals surface area contributed by atoms with E-state index in [0.29, 0.717) is 13.1 Å². The van der Waals surface area contributed by atoms with Crippen molar-refractivity contribution in [3.63, 3.8) is 0 Å². The summed E-state index contributed by atoms with van der Waals surface area (Å²) in [7, 11) is 0. The van der Waals surface area contributed by atoms with Gasteiger partial charge in [0.05, 0.1) is 16.9 Å². The molecule has 15 heavy (non-hydrogen) atoms. The summed E-state index contributed by atoms with van der Waals surface area (Å²) in [6.45, 7) is 4.89. The molecule has 1 unspecified atom stereocenters. The zero-order valence-corrected chi connectivity index (χ0v) is 10.4. The molecule has 1 aromatic heterocycles. The van der Waals surface area contributed by atoms with Crippen LogP contribution in [-0.4, -0.2) is 23.4 Å². The quantitative estimate of drug-likeness (QED) is 0.885. The lowest BCUT2D eigenvalue weighted by Gasteiger charge is -2.21. The van der Waals surface area contributed by atoms with Crippen molar-refractivity contribution in [2.75, 3.05) is 6.54 Å². The highest BCUT2D eigenvalue weighted by atomic mass is 35.5. The smallest absolute Gasteiger partial charge is 0.239 e. The monoisotopic (exact) mass is 246 g/mol. The minimum atomic E-state index is -0.444. The van der Waals surface area contributed by atoms with E-state index in [-0.39, 0.29) is 5.91 Å². The Hall–Kier alpha value is -0.580. The zero-order valence-electron chi connectivity index (χ0n) is 8.87. The Morgan fingerprint density at radius 2 is 2.33 bits per heavy atom. The maximum absolute atomic E-state index is 11.7. The van der Waals surface area contributed by atoms with E-state index >= 15 is 0 Å². The topological polar surface area (TPSA) is 46.3 Å². The lowest BCUT2D eigenvalue weighted by molar-refractivity contribution is -0.132. The number of nitrogens with two attached hydrogens (primary N) is 1. The number of hydrogen-bond acceptors (Lipinski definition) is 3. The molecular weight excluding hydrogens is 232 g/mol. The fourth-order valence-electron chi connectivity index (χ4n) is 1.26. The normalized spacial score (nSPS) is 12.5. The second-order valence-electron chi connectivity index (χ2n) is 3.35. The van der Waals surface area contributed by atoms with Crippen molar-refractivity contribution in [1.82, 2.24) is 4.90 Å². The van der Waals surface area contributed by atoms with Crippen LogP contribution in [0.25, 0.3) is 0 Å². The van der Waals surface area contributed by atoms with Gasteiger partial charge in [0.2, 0.25) is 5.91 Å². The Bertz CT molecular complexity index is 338. The molecule has 0 aliphatic rings. The van der Waals surface area contributed by atoms with E-state index in [1.807, 2.05) is 19.1 Å². The van der Waals surface area contributed by atoms with Crippen LogP contribution in [0, 0.1) is 0 Å². The molecular formula is C10H15ClN2OS. The van der Waals surface area contributed by atoms with Gasteiger partial charge in [0.25, 0.3) is 0 Å². The SMILES string of the molecule is CCN(Cc1ccc(Cl)s1)C(=O)C(C)N. The van der Waals surface area contributed by atoms with Crippen LogP contribution in [-0.2, 0) is 11.3 Å². The number of carbonyl (C=O) groups excluding carboxylic acids is 1. The van der Waals surface area contributed by atoms with Crippen LogP contribution in [0.5, 0.6) is 0 Å². The van der Waals surface area contributed by atoms with Gasteiger partial charge in [-0.3, -0.25) is 4.79 Å². The third kappa shape index (κ3) is 3.48. The molecule has 1 amide bonds. The number of likely N-dealkylation sites (N-methyl/N-ethyl adjacent to an activating group) is 1. The Balaban J connectivity index is 2.65.